The number of amides is 1. The summed E-state index contributed by atoms with van der Waals surface area (Å²) in [5.74, 6) is -0.559. The summed E-state index contributed by atoms with van der Waals surface area (Å²) >= 11 is 0. The number of hydrogen-bond acceptors (Lipinski definition) is 3. The first-order valence-corrected chi connectivity index (χ1v) is 5.80. The highest BCUT2D eigenvalue weighted by Crippen LogP contribution is 2.27. The van der Waals surface area contributed by atoms with Crippen molar-refractivity contribution in [1.82, 2.24) is 9.88 Å². The average molecular weight is 292 g/mol. The number of carbonyl (C=O) groups is 1. The van der Waals surface area contributed by atoms with Crippen molar-refractivity contribution >= 4 is 5.91 Å². The van der Waals surface area contributed by atoms with E-state index in [2.05, 4.69) is 5.32 Å². The number of pyridine rings is 1. The third-order valence-electron chi connectivity index (χ3n) is 2.45. The number of nitrogens with one attached hydrogen (secondary N) is 1. The predicted molar refractivity (Wildman–Crippen MR) is 65.2 cm³/mol. The Morgan fingerprint density at radius 2 is 2.10 bits per heavy atom. The van der Waals surface area contributed by atoms with Crippen LogP contribution in [0.4, 0.5) is 13.2 Å². The Balaban J connectivity index is 2.82. The van der Waals surface area contributed by atoms with Crippen molar-refractivity contribution < 1.29 is 22.7 Å². The summed E-state index contributed by atoms with van der Waals surface area (Å²) in [7, 11) is 1.46. The van der Waals surface area contributed by atoms with Gasteiger partial charge in [0.1, 0.15) is 6.54 Å². The van der Waals surface area contributed by atoms with Gasteiger partial charge in [-0.3, -0.25) is 9.59 Å². The molecule has 112 valence electrons. The Labute approximate surface area is 113 Å². The first kappa shape index (κ1) is 16.2. The highest BCUT2D eigenvalue weighted by Gasteiger charge is 2.31. The van der Waals surface area contributed by atoms with Gasteiger partial charge in [-0.15, -0.1) is 0 Å². The Morgan fingerprint density at radius 1 is 1.45 bits per heavy atom. The van der Waals surface area contributed by atoms with Crippen LogP contribution in [0.25, 0.3) is 0 Å². The van der Waals surface area contributed by atoms with Crippen molar-refractivity contribution in [1.29, 1.82) is 0 Å². The van der Waals surface area contributed by atoms with Crippen LogP contribution in [-0.2, 0) is 22.3 Å². The molecule has 0 fully saturated rings. The van der Waals surface area contributed by atoms with Gasteiger partial charge in [0.2, 0.25) is 5.91 Å². The van der Waals surface area contributed by atoms with Crippen LogP contribution in [-0.4, -0.2) is 30.2 Å². The molecule has 1 heterocycles. The number of aromatic nitrogens is 1. The van der Waals surface area contributed by atoms with Crippen LogP contribution >= 0.6 is 0 Å². The molecule has 8 heteroatoms. The van der Waals surface area contributed by atoms with Gasteiger partial charge in [0.15, 0.2) is 0 Å². The molecule has 1 N–H and O–H groups in total. The normalized spacial score (nSPS) is 13.1. The molecular formula is C12H15F3N2O3. The second-order valence-corrected chi connectivity index (χ2v) is 4.31. The lowest BCUT2D eigenvalue weighted by molar-refractivity contribution is -0.138. The SMILES string of the molecule is COCC(C)NC(=O)Cn1cc(C(F)(F)F)ccc1=O. The lowest BCUT2D eigenvalue weighted by Crippen LogP contribution is -2.39. The topological polar surface area (TPSA) is 60.3 Å². The molecule has 1 aromatic rings. The van der Waals surface area contributed by atoms with Gasteiger partial charge in [0.05, 0.1) is 12.2 Å². The number of ether oxygens (including phenoxy) is 1. The fourth-order valence-electron chi connectivity index (χ4n) is 1.59. The molecular weight excluding hydrogens is 277 g/mol. The van der Waals surface area contributed by atoms with Crippen molar-refractivity contribution in [2.75, 3.05) is 13.7 Å². The molecule has 0 aliphatic heterocycles. The third kappa shape index (κ3) is 4.69. The van der Waals surface area contributed by atoms with E-state index >= 15 is 0 Å². The van der Waals surface area contributed by atoms with Gasteiger partial charge in [0.25, 0.3) is 5.56 Å². The fraction of sp³-hybridized carbons (Fsp3) is 0.500. The molecule has 1 aromatic heterocycles. The minimum Gasteiger partial charge on any atom is -0.383 e. The van der Waals surface area contributed by atoms with Crippen LogP contribution in [0.15, 0.2) is 23.1 Å². The Kier molecular flexibility index (Phi) is 5.32. The summed E-state index contributed by atoms with van der Waals surface area (Å²) in [5.41, 5.74) is -1.65. The summed E-state index contributed by atoms with van der Waals surface area (Å²) in [6.07, 6.45) is -3.93. The molecule has 0 spiro atoms. The van der Waals surface area contributed by atoms with Crippen molar-refractivity contribution in [2.45, 2.75) is 25.7 Å². The zero-order valence-electron chi connectivity index (χ0n) is 11.0. The standard InChI is InChI=1S/C12H15F3N2O3/c1-8(7-20-2)16-10(18)6-17-5-9(12(13,14)15)3-4-11(17)19/h3-5,8H,6-7H2,1-2H3,(H,16,18). The molecule has 0 saturated heterocycles. The molecule has 20 heavy (non-hydrogen) atoms. The highest BCUT2D eigenvalue weighted by molar-refractivity contribution is 5.76. The van der Waals surface area contributed by atoms with Gasteiger partial charge in [-0.05, 0) is 13.0 Å². The smallest absolute Gasteiger partial charge is 0.383 e. The summed E-state index contributed by atoms with van der Waals surface area (Å²) in [6, 6.07) is 1.17. The molecule has 1 unspecified atom stereocenters. The summed E-state index contributed by atoms with van der Waals surface area (Å²) in [6.45, 7) is 1.47. The van der Waals surface area contributed by atoms with Gasteiger partial charge in [-0.2, -0.15) is 13.2 Å². The third-order valence-corrected chi connectivity index (χ3v) is 2.45. The molecule has 0 aliphatic rings. The lowest BCUT2D eigenvalue weighted by Gasteiger charge is -2.14. The molecule has 0 aromatic carbocycles. The molecule has 0 radical (unpaired) electrons. The van der Waals surface area contributed by atoms with Crippen LogP contribution in [0, 0.1) is 0 Å². The number of carbonyl (C=O) groups excluding carboxylic acids is 1. The van der Waals surface area contributed by atoms with E-state index in [0.29, 0.717) is 12.3 Å². The minimum atomic E-state index is -4.56. The number of methoxy groups -OCH3 is 1. The van der Waals surface area contributed by atoms with Crippen LogP contribution in [0.1, 0.15) is 12.5 Å². The van der Waals surface area contributed by atoms with Crippen molar-refractivity contribution in [3.8, 4) is 0 Å². The molecule has 1 atom stereocenters. The van der Waals surface area contributed by atoms with E-state index in [4.69, 9.17) is 4.74 Å². The Morgan fingerprint density at radius 3 is 2.65 bits per heavy atom. The van der Waals surface area contributed by atoms with E-state index in [9.17, 15) is 22.8 Å². The van der Waals surface area contributed by atoms with Crippen LogP contribution in [0.2, 0.25) is 0 Å². The Hall–Kier alpha value is -1.83. The molecule has 1 amide bonds. The molecule has 5 nitrogen and oxygen atoms in total. The van der Waals surface area contributed by atoms with E-state index < -0.39 is 29.8 Å². The fourth-order valence-corrected chi connectivity index (χ4v) is 1.59. The maximum absolute atomic E-state index is 12.5. The zero-order chi connectivity index (χ0) is 15.3. The van der Waals surface area contributed by atoms with Gasteiger partial charge in [0, 0.05) is 25.4 Å². The van der Waals surface area contributed by atoms with Crippen molar-refractivity contribution in [3.05, 3.63) is 34.2 Å². The maximum atomic E-state index is 12.5. The maximum Gasteiger partial charge on any atom is 0.417 e. The summed E-state index contributed by atoms with van der Waals surface area (Å²) in [4.78, 5) is 23.0. The van der Waals surface area contributed by atoms with Crippen LogP contribution < -0.4 is 10.9 Å². The summed E-state index contributed by atoms with van der Waals surface area (Å²) in [5, 5.41) is 2.51. The second kappa shape index (κ2) is 6.56. The van der Waals surface area contributed by atoms with Gasteiger partial charge >= 0.3 is 6.18 Å². The number of rotatable bonds is 5. The molecule has 0 bridgehead atoms. The number of halogens is 3. The minimum absolute atomic E-state index is 0.267. The average Bonchev–Trinajstić information content (AvgIpc) is 2.30. The second-order valence-electron chi connectivity index (χ2n) is 4.31. The van der Waals surface area contributed by atoms with Crippen molar-refractivity contribution in [2.24, 2.45) is 0 Å². The van der Waals surface area contributed by atoms with E-state index in [0.717, 1.165) is 10.6 Å². The largest absolute Gasteiger partial charge is 0.417 e. The number of nitrogens with zero attached hydrogens (tertiary/aromatic N) is 1. The number of alkyl halides is 3. The van der Waals surface area contributed by atoms with E-state index in [-0.39, 0.29) is 12.6 Å². The lowest BCUT2D eigenvalue weighted by atomic mass is 10.2. The van der Waals surface area contributed by atoms with Crippen molar-refractivity contribution in [3.63, 3.8) is 0 Å². The van der Waals surface area contributed by atoms with E-state index in [1.807, 2.05) is 0 Å². The van der Waals surface area contributed by atoms with Gasteiger partial charge < -0.3 is 14.6 Å². The van der Waals surface area contributed by atoms with Gasteiger partial charge in [-0.25, -0.2) is 0 Å². The molecule has 0 aliphatic carbocycles. The van der Waals surface area contributed by atoms with E-state index in [1.54, 1.807) is 6.92 Å². The number of hydrogen-bond donors (Lipinski definition) is 1. The molecule has 1 rings (SSSR count). The zero-order valence-corrected chi connectivity index (χ0v) is 11.0. The quantitative estimate of drug-likeness (QED) is 0.881. The molecule has 0 saturated carbocycles. The monoisotopic (exact) mass is 292 g/mol. The first-order valence-electron chi connectivity index (χ1n) is 5.80. The van der Waals surface area contributed by atoms with Gasteiger partial charge in [-0.1, -0.05) is 0 Å². The van der Waals surface area contributed by atoms with Crippen LogP contribution in [0.3, 0.4) is 0 Å². The Bertz CT molecular complexity index is 525. The van der Waals surface area contributed by atoms with E-state index in [1.165, 1.54) is 7.11 Å². The first-order chi connectivity index (χ1) is 9.24. The highest BCUT2D eigenvalue weighted by atomic mass is 19.4. The summed E-state index contributed by atoms with van der Waals surface area (Å²) < 4.78 is 43.1. The van der Waals surface area contributed by atoms with Crippen LogP contribution in [0.5, 0.6) is 0 Å². The predicted octanol–water partition coefficient (Wildman–Crippen LogP) is 1.02.